The van der Waals surface area contributed by atoms with E-state index >= 15 is 0 Å². The van der Waals surface area contributed by atoms with Gasteiger partial charge in [-0.1, -0.05) is 0 Å². The van der Waals surface area contributed by atoms with Crippen molar-refractivity contribution in [1.29, 1.82) is 0 Å². The fraction of sp³-hybridized carbons (Fsp3) is 0.300. The molecule has 7 nitrogen and oxygen atoms in total. The van der Waals surface area contributed by atoms with E-state index in [2.05, 4.69) is 14.3 Å². The Morgan fingerprint density at radius 2 is 2.12 bits per heavy atom. The van der Waals surface area contributed by atoms with Crippen LogP contribution in [-0.4, -0.2) is 29.0 Å². The molecule has 0 fully saturated rings. The fourth-order valence-corrected chi connectivity index (χ4v) is 0.964. The summed E-state index contributed by atoms with van der Waals surface area (Å²) in [4.78, 5) is 25.0. The van der Waals surface area contributed by atoms with Crippen molar-refractivity contribution in [3.05, 3.63) is 29.7 Å². The lowest BCUT2D eigenvalue weighted by atomic mass is 10.4. The van der Waals surface area contributed by atoms with Crippen molar-refractivity contribution in [2.75, 3.05) is 6.61 Å². The Morgan fingerprint density at radius 3 is 2.65 bits per heavy atom. The minimum atomic E-state index is -1.08. The van der Waals surface area contributed by atoms with Gasteiger partial charge in [0.1, 0.15) is 12.4 Å². The van der Waals surface area contributed by atoms with Gasteiger partial charge in [-0.25, -0.2) is 9.59 Å². The van der Waals surface area contributed by atoms with Gasteiger partial charge in [-0.2, -0.15) is 4.79 Å². The van der Waals surface area contributed by atoms with E-state index in [0.717, 1.165) is 0 Å². The topological polar surface area (TPSA) is 102 Å². The molecular weight excluding hydrogens is 228 g/mol. The van der Waals surface area contributed by atoms with E-state index in [1.54, 1.807) is 19.1 Å². The first-order chi connectivity index (χ1) is 8.19. The average Bonchev–Trinajstić information content (AvgIpc) is 2.80. The van der Waals surface area contributed by atoms with E-state index in [4.69, 9.17) is 9.95 Å². The van der Waals surface area contributed by atoms with Crippen molar-refractivity contribution >= 4 is 17.7 Å². The summed E-state index contributed by atoms with van der Waals surface area (Å²) in [5.74, 6) is -1.72. The Kier molecular flexibility index (Phi) is 4.65. The minimum Gasteiger partial charge on any atom is -0.466 e. The van der Waals surface area contributed by atoms with Gasteiger partial charge >= 0.3 is 17.7 Å². The van der Waals surface area contributed by atoms with Crippen LogP contribution in [0.1, 0.15) is 12.7 Å². The smallest absolute Gasteiger partial charge is 0.466 e. The molecule has 0 aromatic carbocycles. The highest BCUT2D eigenvalue weighted by Crippen LogP contribution is 2.02. The lowest BCUT2D eigenvalue weighted by molar-refractivity contribution is -0.149. The van der Waals surface area contributed by atoms with Crippen LogP contribution in [0.2, 0.25) is 0 Å². The number of hydrogen-bond donors (Lipinski definition) is 0. The third-order valence-corrected chi connectivity index (χ3v) is 1.69. The molecule has 0 amide bonds. The fourth-order valence-electron chi connectivity index (χ4n) is 0.964. The Hall–Kier alpha value is -2.40. The number of nitrogens with zero attached hydrogens (tertiary/aromatic N) is 2. The van der Waals surface area contributed by atoms with Crippen molar-refractivity contribution in [2.45, 2.75) is 13.5 Å². The van der Waals surface area contributed by atoms with Crippen molar-refractivity contribution in [3.63, 3.8) is 0 Å². The molecule has 0 N–H and O–H groups in total. The molecule has 0 atom stereocenters. The summed E-state index contributed by atoms with van der Waals surface area (Å²) < 4.78 is 14.1. The van der Waals surface area contributed by atoms with Crippen LogP contribution in [0, 0.1) is 0 Å². The first kappa shape index (κ1) is 12.7. The molecule has 0 spiro atoms. The normalized spacial score (nSPS) is 9.24. The van der Waals surface area contributed by atoms with E-state index in [1.165, 1.54) is 6.26 Å². The van der Waals surface area contributed by atoms with Crippen LogP contribution in [0.3, 0.4) is 0 Å². The van der Waals surface area contributed by atoms with E-state index in [-0.39, 0.29) is 13.2 Å². The number of ether oxygens (including phenoxy) is 2. The zero-order valence-electron chi connectivity index (χ0n) is 9.08. The van der Waals surface area contributed by atoms with Gasteiger partial charge in [-0.3, -0.25) is 0 Å². The largest absolute Gasteiger partial charge is 0.482 e. The van der Waals surface area contributed by atoms with Crippen LogP contribution in [-0.2, 0) is 25.7 Å². The lowest BCUT2D eigenvalue weighted by Crippen LogP contribution is -2.29. The molecule has 0 radical (unpaired) electrons. The molecule has 0 bridgehead atoms. The van der Waals surface area contributed by atoms with Gasteiger partial charge in [-0.15, -0.1) is 0 Å². The molecule has 1 rings (SSSR count). The Morgan fingerprint density at radius 1 is 1.41 bits per heavy atom. The second-order valence-corrected chi connectivity index (χ2v) is 2.82. The molecule has 0 unspecified atom stereocenters. The molecule has 1 aromatic heterocycles. The van der Waals surface area contributed by atoms with E-state index in [1.807, 2.05) is 0 Å². The first-order valence-corrected chi connectivity index (χ1v) is 4.77. The number of carbonyl (C=O) groups is 2. The van der Waals surface area contributed by atoms with E-state index < -0.39 is 17.7 Å². The molecule has 90 valence electrons. The molecule has 0 aliphatic rings. The SMILES string of the molecule is CCOC(=O)C(=[N+]=[N-])C(=O)OCc1ccco1. The quantitative estimate of drug-likeness (QED) is 0.245. The van der Waals surface area contributed by atoms with Crippen LogP contribution in [0.25, 0.3) is 5.53 Å². The summed E-state index contributed by atoms with van der Waals surface area (Å²) in [6, 6.07) is 3.21. The van der Waals surface area contributed by atoms with Gasteiger partial charge in [0.15, 0.2) is 0 Å². The Bertz CT molecular complexity index is 445. The molecule has 0 saturated heterocycles. The summed E-state index contributed by atoms with van der Waals surface area (Å²) in [7, 11) is 0. The molecule has 0 aliphatic carbocycles. The molecule has 0 saturated carbocycles. The predicted molar refractivity (Wildman–Crippen MR) is 53.8 cm³/mol. The third kappa shape index (κ3) is 3.58. The van der Waals surface area contributed by atoms with Crippen LogP contribution >= 0.6 is 0 Å². The van der Waals surface area contributed by atoms with Crippen LogP contribution in [0.4, 0.5) is 0 Å². The predicted octanol–water partition coefficient (Wildman–Crippen LogP) is 0.557. The second kappa shape index (κ2) is 6.24. The minimum absolute atomic E-state index is 0.0588. The monoisotopic (exact) mass is 238 g/mol. The van der Waals surface area contributed by atoms with Gasteiger partial charge in [0.05, 0.1) is 12.9 Å². The van der Waals surface area contributed by atoms with Gasteiger partial charge < -0.3 is 19.4 Å². The zero-order valence-corrected chi connectivity index (χ0v) is 9.08. The van der Waals surface area contributed by atoms with Crippen molar-refractivity contribution in [2.24, 2.45) is 0 Å². The molecular formula is C10H10N2O5. The van der Waals surface area contributed by atoms with Crippen molar-refractivity contribution in [1.82, 2.24) is 0 Å². The highest BCUT2D eigenvalue weighted by atomic mass is 16.6. The number of carbonyl (C=O) groups excluding carboxylic acids is 2. The maximum atomic E-state index is 11.3. The molecule has 1 aromatic rings. The average molecular weight is 238 g/mol. The highest BCUT2D eigenvalue weighted by molar-refractivity contribution is 6.60. The van der Waals surface area contributed by atoms with Gasteiger partial charge in [0.25, 0.3) is 0 Å². The van der Waals surface area contributed by atoms with Crippen LogP contribution in [0.15, 0.2) is 22.8 Å². The summed E-state index contributed by atoms with van der Waals surface area (Å²) >= 11 is 0. The highest BCUT2D eigenvalue weighted by Gasteiger charge is 2.33. The van der Waals surface area contributed by atoms with Crippen LogP contribution < -0.4 is 0 Å². The van der Waals surface area contributed by atoms with Crippen LogP contribution in [0.5, 0.6) is 0 Å². The zero-order chi connectivity index (χ0) is 12.7. The first-order valence-electron chi connectivity index (χ1n) is 4.77. The summed E-state index contributed by atoms with van der Waals surface area (Å²) in [5.41, 5.74) is 7.71. The van der Waals surface area contributed by atoms with Gasteiger partial charge in [-0.05, 0) is 19.1 Å². The summed E-state index contributed by atoms with van der Waals surface area (Å²) in [5, 5.41) is 0. The molecule has 0 aliphatic heterocycles. The maximum absolute atomic E-state index is 11.3. The molecule has 7 heteroatoms. The summed E-state index contributed by atoms with van der Waals surface area (Å²) in [6.45, 7) is 1.45. The van der Waals surface area contributed by atoms with Crippen molar-refractivity contribution < 1.29 is 28.3 Å². The van der Waals surface area contributed by atoms with Crippen molar-refractivity contribution in [3.8, 4) is 0 Å². The molecule has 17 heavy (non-hydrogen) atoms. The second-order valence-electron chi connectivity index (χ2n) is 2.82. The number of esters is 2. The molecule has 1 heterocycles. The standard InChI is InChI=1S/C10H10N2O5/c1-2-15-9(13)8(12-11)10(14)17-6-7-4-3-5-16-7/h3-5H,2,6H2,1H3. The maximum Gasteiger partial charge on any atom is 0.482 e. The Labute approximate surface area is 96.5 Å². The Balaban J connectivity index is 2.56. The van der Waals surface area contributed by atoms with E-state index in [0.29, 0.717) is 5.76 Å². The lowest BCUT2D eigenvalue weighted by Gasteiger charge is -1.99. The third-order valence-electron chi connectivity index (χ3n) is 1.69. The van der Waals surface area contributed by atoms with Gasteiger partial charge in [0, 0.05) is 0 Å². The van der Waals surface area contributed by atoms with E-state index in [9.17, 15) is 9.59 Å². The number of rotatable bonds is 5. The number of hydrogen-bond acceptors (Lipinski definition) is 5. The summed E-state index contributed by atoms with van der Waals surface area (Å²) in [6.07, 6.45) is 1.41. The van der Waals surface area contributed by atoms with Gasteiger partial charge in [0.2, 0.25) is 0 Å². The number of furan rings is 1.